The molecule has 0 radical (unpaired) electrons. The Morgan fingerprint density at radius 3 is 2.37 bits per heavy atom. The van der Waals surface area contributed by atoms with Crippen LogP contribution in [0.1, 0.15) is 42.6 Å². The van der Waals surface area contributed by atoms with Gasteiger partial charge in [-0.3, -0.25) is 9.10 Å². The summed E-state index contributed by atoms with van der Waals surface area (Å²) in [6.45, 7) is 5.88. The molecule has 0 saturated carbocycles. The third-order valence-corrected chi connectivity index (χ3v) is 6.45. The van der Waals surface area contributed by atoms with E-state index < -0.39 is 10.0 Å². The fourth-order valence-electron chi connectivity index (χ4n) is 2.70. The fourth-order valence-corrected chi connectivity index (χ4v) is 4.15. The summed E-state index contributed by atoms with van der Waals surface area (Å²) >= 11 is 6.26. The quantitative estimate of drug-likeness (QED) is 0.738. The first-order chi connectivity index (χ1) is 12.7. The van der Waals surface area contributed by atoms with E-state index in [2.05, 4.69) is 12.2 Å². The van der Waals surface area contributed by atoms with Crippen LogP contribution in [0.3, 0.4) is 0 Å². The minimum absolute atomic E-state index is 0.0443. The van der Waals surface area contributed by atoms with Crippen LogP contribution < -0.4 is 9.62 Å². The van der Waals surface area contributed by atoms with Crippen LogP contribution in [0.4, 0.5) is 5.69 Å². The number of benzene rings is 2. The van der Waals surface area contributed by atoms with Crippen LogP contribution in [-0.4, -0.2) is 27.4 Å². The van der Waals surface area contributed by atoms with Crippen LogP contribution in [0.5, 0.6) is 0 Å². The van der Waals surface area contributed by atoms with Crippen molar-refractivity contribution in [1.82, 2.24) is 5.32 Å². The summed E-state index contributed by atoms with van der Waals surface area (Å²) in [6, 6.07) is 11.3. The van der Waals surface area contributed by atoms with Crippen molar-refractivity contribution in [3.8, 4) is 0 Å². The standard InChI is InChI=1S/C20H25ClN2O3S/c1-5-6-15(3)22-20(24)18-12-9-16(13-19(18)21)23(4)27(25,26)17-10-7-14(2)8-11-17/h7-13,15H,5-6H2,1-4H3,(H,22,24)/t15-/m1/s1. The van der Waals surface area contributed by atoms with Crippen LogP contribution >= 0.6 is 11.6 Å². The predicted molar refractivity (Wildman–Crippen MR) is 110 cm³/mol. The number of anilines is 1. The van der Waals surface area contributed by atoms with Gasteiger partial charge in [0.05, 0.1) is 21.2 Å². The maximum atomic E-state index is 12.8. The van der Waals surface area contributed by atoms with E-state index in [-0.39, 0.29) is 21.9 Å². The largest absolute Gasteiger partial charge is 0.350 e. The first-order valence-corrected chi connectivity index (χ1v) is 10.6. The Morgan fingerprint density at radius 2 is 1.81 bits per heavy atom. The van der Waals surface area contributed by atoms with Gasteiger partial charge in [0.1, 0.15) is 0 Å². The number of halogens is 1. The normalized spacial score (nSPS) is 12.5. The summed E-state index contributed by atoms with van der Waals surface area (Å²) in [7, 11) is -2.25. The molecule has 0 heterocycles. The lowest BCUT2D eigenvalue weighted by molar-refractivity contribution is 0.0938. The van der Waals surface area contributed by atoms with Crippen LogP contribution in [0.2, 0.25) is 5.02 Å². The van der Waals surface area contributed by atoms with Gasteiger partial charge in [0.25, 0.3) is 15.9 Å². The SMILES string of the molecule is CCC[C@@H](C)NC(=O)c1ccc(N(C)S(=O)(=O)c2ccc(C)cc2)cc1Cl. The minimum atomic E-state index is -3.71. The van der Waals surface area contributed by atoms with Gasteiger partial charge in [0, 0.05) is 13.1 Å². The summed E-state index contributed by atoms with van der Waals surface area (Å²) in [4.78, 5) is 12.6. The number of hydrogen-bond acceptors (Lipinski definition) is 3. The van der Waals surface area contributed by atoms with Crippen molar-refractivity contribution >= 4 is 33.2 Å². The summed E-state index contributed by atoms with van der Waals surface area (Å²) in [6.07, 6.45) is 1.84. The van der Waals surface area contributed by atoms with Crippen molar-refractivity contribution in [2.24, 2.45) is 0 Å². The number of sulfonamides is 1. The molecular formula is C20H25ClN2O3S. The second-order valence-corrected chi connectivity index (χ2v) is 8.99. The number of nitrogens with one attached hydrogen (secondary N) is 1. The first-order valence-electron chi connectivity index (χ1n) is 8.82. The molecule has 0 aliphatic heterocycles. The molecule has 27 heavy (non-hydrogen) atoms. The molecule has 146 valence electrons. The number of aryl methyl sites for hydroxylation is 1. The van der Waals surface area contributed by atoms with Crippen molar-refractivity contribution in [2.75, 3.05) is 11.4 Å². The topological polar surface area (TPSA) is 66.5 Å². The van der Waals surface area contributed by atoms with E-state index >= 15 is 0 Å². The van der Waals surface area contributed by atoms with Crippen molar-refractivity contribution < 1.29 is 13.2 Å². The zero-order chi connectivity index (χ0) is 20.2. The van der Waals surface area contributed by atoms with Crippen LogP contribution in [0, 0.1) is 6.92 Å². The average molecular weight is 409 g/mol. The van der Waals surface area contributed by atoms with Crippen molar-refractivity contribution in [2.45, 2.75) is 44.6 Å². The smallest absolute Gasteiger partial charge is 0.264 e. The Kier molecular flexibility index (Phi) is 6.89. The molecule has 1 N–H and O–H groups in total. The summed E-state index contributed by atoms with van der Waals surface area (Å²) < 4.78 is 26.7. The highest BCUT2D eigenvalue weighted by molar-refractivity contribution is 7.92. The van der Waals surface area contributed by atoms with E-state index in [0.29, 0.717) is 11.3 Å². The zero-order valence-electron chi connectivity index (χ0n) is 16.0. The number of carbonyl (C=O) groups excluding carboxylic acids is 1. The third-order valence-electron chi connectivity index (χ3n) is 4.34. The number of nitrogens with zero attached hydrogens (tertiary/aromatic N) is 1. The van der Waals surface area contributed by atoms with Gasteiger partial charge in [-0.1, -0.05) is 42.6 Å². The molecule has 0 aromatic heterocycles. The molecule has 0 aliphatic carbocycles. The summed E-state index contributed by atoms with van der Waals surface area (Å²) in [5.74, 6) is -0.267. The van der Waals surface area contributed by atoms with E-state index in [4.69, 9.17) is 11.6 Å². The highest BCUT2D eigenvalue weighted by atomic mass is 35.5. The second kappa shape index (κ2) is 8.76. The Balaban J connectivity index is 2.25. The maximum absolute atomic E-state index is 12.8. The Labute approximate surface area is 166 Å². The monoisotopic (exact) mass is 408 g/mol. The molecule has 5 nitrogen and oxygen atoms in total. The highest BCUT2D eigenvalue weighted by Crippen LogP contribution is 2.27. The molecule has 2 aromatic rings. The lowest BCUT2D eigenvalue weighted by Crippen LogP contribution is -2.32. The van der Waals surface area contributed by atoms with Crippen LogP contribution in [0.15, 0.2) is 47.4 Å². The van der Waals surface area contributed by atoms with Crippen LogP contribution in [0.25, 0.3) is 0 Å². The molecule has 0 fully saturated rings. The Bertz CT molecular complexity index is 911. The molecule has 2 aromatic carbocycles. The predicted octanol–water partition coefficient (Wildman–Crippen LogP) is 4.39. The second-order valence-electron chi connectivity index (χ2n) is 6.61. The van der Waals surface area contributed by atoms with Gasteiger partial charge >= 0.3 is 0 Å². The molecule has 0 spiro atoms. The molecular weight excluding hydrogens is 384 g/mol. The van der Waals surface area contributed by atoms with Gasteiger partial charge in [-0.2, -0.15) is 0 Å². The highest BCUT2D eigenvalue weighted by Gasteiger charge is 2.22. The van der Waals surface area contributed by atoms with Gasteiger partial charge < -0.3 is 5.32 Å². The van der Waals surface area contributed by atoms with Gasteiger partial charge in [0.15, 0.2) is 0 Å². The molecule has 1 amide bonds. The molecule has 0 aliphatic rings. The molecule has 1 atom stereocenters. The number of rotatable bonds is 7. The van der Waals surface area contributed by atoms with Gasteiger partial charge in [-0.25, -0.2) is 8.42 Å². The van der Waals surface area contributed by atoms with Crippen molar-refractivity contribution in [3.05, 3.63) is 58.6 Å². The molecule has 0 saturated heterocycles. The van der Waals surface area contributed by atoms with Crippen LogP contribution in [-0.2, 0) is 10.0 Å². The maximum Gasteiger partial charge on any atom is 0.264 e. The fraction of sp³-hybridized carbons (Fsp3) is 0.350. The van der Waals surface area contributed by atoms with E-state index in [9.17, 15) is 13.2 Å². The van der Waals surface area contributed by atoms with E-state index in [1.54, 1.807) is 36.4 Å². The third kappa shape index (κ3) is 5.02. The van der Waals surface area contributed by atoms with E-state index in [0.717, 1.165) is 22.7 Å². The number of amides is 1. The summed E-state index contributed by atoms with van der Waals surface area (Å²) in [5.41, 5.74) is 1.69. The van der Waals surface area contributed by atoms with Gasteiger partial charge in [0.2, 0.25) is 0 Å². The van der Waals surface area contributed by atoms with Crippen molar-refractivity contribution in [3.63, 3.8) is 0 Å². The van der Waals surface area contributed by atoms with Gasteiger partial charge in [-0.05, 0) is 50.6 Å². The summed E-state index contributed by atoms with van der Waals surface area (Å²) in [5, 5.41) is 3.10. The lowest BCUT2D eigenvalue weighted by Gasteiger charge is -2.21. The van der Waals surface area contributed by atoms with Crippen molar-refractivity contribution in [1.29, 1.82) is 0 Å². The molecule has 0 unspecified atom stereocenters. The number of carbonyl (C=O) groups is 1. The average Bonchev–Trinajstić information content (AvgIpc) is 2.61. The van der Waals surface area contributed by atoms with E-state index in [1.807, 2.05) is 13.8 Å². The molecule has 2 rings (SSSR count). The van der Waals surface area contributed by atoms with E-state index in [1.165, 1.54) is 13.1 Å². The lowest BCUT2D eigenvalue weighted by atomic mass is 10.1. The van der Waals surface area contributed by atoms with Gasteiger partial charge in [-0.15, -0.1) is 0 Å². The Morgan fingerprint density at radius 1 is 1.19 bits per heavy atom. The molecule has 7 heteroatoms. The Hall–Kier alpha value is -2.05. The first kappa shape index (κ1) is 21.3. The zero-order valence-corrected chi connectivity index (χ0v) is 17.6. The minimum Gasteiger partial charge on any atom is -0.350 e. The molecule has 0 bridgehead atoms. The number of hydrogen-bond donors (Lipinski definition) is 1.